The van der Waals surface area contributed by atoms with Gasteiger partial charge in [-0.2, -0.15) is 10.5 Å². The van der Waals surface area contributed by atoms with Gasteiger partial charge in [0.15, 0.2) is 5.57 Å². The largest absolute Gasteiger partial charge is 0.385 e. The summed E-state index contributed by atoms with van der Waals surface area (Å²) in [5.74, 6) is -0.442. The minimum Gasteiger partial charge on any atom is -0.385 e. The molecule has 122 valence electrons. The zero-order chi connectivity index (χ0) is 17.5. The van der Waals surface area contributed by atoms with Crippen molar-refractivity contribution < 1.29 is 9.13 Å². The summed E-state index contributed by atoms with van der Waals surface area (Å²) in [7, 11) is 1.55. The van der Waals surface area contributed by atoms with E-state index in [9.17, 15) is 9.18 Å². The van der Waals surface area contributed by atoms with Gasteiger partial charge in [0.05, 0.1) is 4.53 Å². The Labute approximate surface area is 141 Å². The molecule has 0 spiro atoms. The molecule has 0 aliphatic heterocycles. The van der Waals surface area contributed by atoms with Crippen molar-refractivity contribution >= 4 is 23.0 Å². The van der Waals surface area contributed by atoms with Gasteiger partial charge in [0, 0.05) is 25.8 Å². The molecule has 0 radical (unpaired) electrons. The lowest BCUT2D eigenvalue weighted by Gasteiger charge is -2.01. The van der Waals surface area contributed by atoms with E-state index >= 15 is 0 Å². The minimum atomic E-state index is -0.442. The fourth-order valence-electron chi connectivity index (χ4n) is 2.13. The lowest BCUT2D eigenvalue weighted by atomic mass is 10.2. The lowest BCUT2D eigenvalue weighted by Crippen LogP contribution is -2.32. The third kappa shape index (κ3) is 3.77. The van der Waals surface area contributed by atoms with E-state index in [1.165, 1.54) is 16.7 Å². The molecule has 0 aliphatic rings. The van der Waals surface area contributed by atoms with Crippen molar-refractivity contribution in [2.45, 2.75) is 13.0 Å². The van der Waals surface area contributed by atoms with Crippen LogP contribution in [0.3, 0.4) is 0 Å². The molecule has 0 bridgehead atoms. The molecule has 0 saturated carbocycles. The fourth-order valence-corrected chi connectivity index (χ4v) is 3.20. The quantitative estimate of drug-likeness (QED) is 0.762. The SMILES string of the molecule is COCCCn1c(=C(C#N)C#N)s/c(=C\c2ccccc2F)c1=O. The van der Waals surface area contributed by atoms with E-state index in [1.54, 1.807) is 37.4 Å². The van der Waals surface area contributed by atoms with Crippen LogP contribution in [0.5, 0.6) is 0 Å². The average Bonchev–Trinajstić information content (AvgIpc) is 2.88. The van der Waals surface area contributed by atoms with Crippen molar-refractivity contribution in [3.05, 3.63) is 55.2 Å². The molecular weight excluding hydrogens is 329 g/mol. The highest BCUT2D eigenvalue weighted by atomic mass is 32.1. The summed E-state index contributed by atoms with van der Waals surface area (Å²) in [6.45, 7) is 0.763. The highest BCUT2D eigenvalue weighted by Gasteiger charge is 2.09. The Morgan fingerprint density at radius 2 is 2.08 bits per heavy atom. The van der Waals surface area contributed by atoms with Crippen LogP contribution >= 0.6 is 11.3 Å². The molecule has 24 heavy (non-hydrogen) atoms. The monoisotopic (exact) mass is 343 g/mol. The van der Waals surface area contributed by atoms with Crippen LogP contribution in [0.2, 0.25) is 0 Å². The zero-order valence-electron chi connectivity index (χ0n) is 13.0. The van der Waals surface area contributed by atoms with Crippen LogP contribution in [0.4, 0.5) is 4.39 Å². The molecule has 0 atom stereocenters. The van der Waals surface area contributed by atoms with E-state index in [0.29, 0.717) is 19.6 Å². The van der Waals surface area contributed by atoms with Crippen LogP contribution in [-0.2, 0) is 11.3 Å². The van der Waals surface area contributed by atoms with Crippen LogP contribution in [0, 0.1) is 28.5 Å². The number of ether oxygens (including phenoxy) is 1. The van der Waals surface area contributed by atoms with Crippen LogP contribution in [-0.4, -0.2) is 18.3 Å². The van der Waals surface area contributed by atoms with Gasteiger partial charge in [0.2, 0.25) is 0 Å². The standard InChI is InChI=1S/C17H14FN3O2S/c1-23-8-4-7-21-16(22)15(24-17(21)13(10-19)11-20)9-12-5-2-3-6-14(12)18/h2-3,5-6,9H,4,7-8H2,1H3/b15-9-. The van der Waals surface area contributed by atoms with Crippen molar-refractivity contribution in [2.75, 3.05) is 13.7 Å². The second-order valence-electron chi connectivity index (χ2n) is 4.84. The maximum Gasteiger partial charge on any atom is 0.269 e. The predicted molar refractivity (Wildman–Crippen MR) is 88.9 cm³/mol. The van der Waals surface area contributed by atoms with Gasteiger partial charge in [-0.1, -0.05) is 18.2 Å². The van der Waals surface area contributed by atoms with Gasteiger partial charge in [0.1, 0.15) is 22.6 Å². The molecule has 0 N–H and O–H groups in total. The Morgan fingerprint density at radius 3 is 2.71 bits per heavy atom. The average molecular weight is 343 g/mol. The van der Waals surface area contributed by atoms with Gasteiger partial charge in [-0.05, 0) is 18.6 Å². The third-order valence-electron chi connectivity index (χ3n) is 3.27. The summed E-state index contributed by atoms with van der Waals surface area (Å²) in [5.41, 5.74) is -0.207. The van der Waals surface area contributed by atoms with E-state index in [1.807, 2.05) is 0 Å². The van der Waals surface area contributed by atoms with Gasteiger partial charge in [-0.3, -0.25) is 9.36 Å². The highest BCUT2D eigenvalue weighted by molar-refractivity contribution is 7.07. The van der Waals surface area contributed by atoms with Crippen molar-refractivity contribution in [3.63, 3.8) is 0 Å². The van der Waals surface area contributed by atoms with Gasteiger partial charge in [0.25, 0.3) is 5.56 Å². The van der Waals surface area contributed by atoms with Crippen molar-refractivity contribution in [1.82, 2.24) is 4.57 Å². The molecule has 0 unspecified atom stereocenters. The maximum atomic E-state index is 13.8. The number of hydrogen-bond acceptors (Lipinski definition) is 5. The fraction of sp³-hybridized carbons (Fsp3) is 0.235. The number of rotatable bonds is 5. The van der Waals surface area contributed by atoms with E-state index in [0.717, 1.165) is 11.3 Å². The molecule has 7 heteroatoms. The number of nitriles is 2. The van der Waals surface area contributed by atoms with Crippen LogP contribution in [0.1, 0.15) is 12.0 Å². The molecule has 5 nitrogen and oxygen atoms in total. The molecular formula is C17H14FN3O2S. The number of nitrogens with zero attached hydrogens (tertiary/aromatic N) is 3. The first-order valence-corrected chi connectivity index (χ1v) is 7.93. The number of benzene rings is 1. The summed E-state index contributed by atoms with van der Waals surface area (Å²) in [6.07, 6.45) is 1.99. The third-order valence-corrected chi connectivity index (χ3v) is 4.40. The molecule has 2 rings (SSSR count). The van der Waals surface area contributed by atoms with Crippen molar-refractivity contribution in [1.29, 1.82) is 10.5 Å². The lowest BCUT2D eigenvalue weighted by molar-refractivity contribution is 0.190. The van der Waals surface area contributed by atoms with Gasteiger partial charge in [-0.25, -0.2) is 4.39 Å². The van der Waals surface area contributed by atoms with Crippen molar-refractivity contribution in [3.8, 4) is 12.1 Å². The second-order valence-corrected chi connectivity index (χ2v) is 5.87. The van der Waals surface area contributed by atoms with Gasteiger partial charge < -0.3 is 4.74 Å². The normalized spacial score (nSPS) is 11.1. The predicted octanol–water partition coefficient (Wildman–Crippen LogP) is 1.11. The van der Waals surface area contributed by atoms with E-state index in [4.69, 9.17) is 15.3 Å². The Morgan fingerprint density at radius 1 is 1.38 bits per heavy atom. The Kier molecular flexibility index (Phi) is 6.02. The van der Waals surface area contributed by atoms with E-state index < -0.39 is 5.82 Å². The molecule has 0 aliphatic carbocycles. The summed E-state index contributed by atoms with van der Waals surface area (Å²) in [4.78, 5) is 12.6. The number of thiazole rings is 1. The summed E-state index contributed by atoms with van der Waals surface area (Å²) < 4.78 is 20.7. The first kappa shape index (κ1) is 17.6. The molecule has 1 heterocycles. The number of halogens is 1. The number of methoxy groups -OCH3 is 1. The molecule has 0 amide bonds. The summed E-state index contributed by atoms with van der Waals surface area (Å²) in [6, 6.07) is 9.70. The van der Waals surface area contributed by atoms with Crippen LogP contribution < -0.4 is 14.8 Å². The van der Waals surface area contributed by atoms with Gasteiger partial charge >= 0.3 is 0 Å². The molecule has 1 aromatic heterocycles. The Balaban J connectivity index is 2.69. The van der Waals surface area contributed by atoms with Crippen LogP contribution in [0.25, 0.3) is 11.6 Å². The van der Waals surface area contributed by atoms with E-state index in [2.05, 4.69) is 0 Å². The Bertz CT molecular complexity index is 977. The zero-order valence-corrected chi connectivity index (χ0v) is 13.8. The topological polar surface area (TPSA) is 78.8 Å². The maximum absolute atomic E-state index is 13.8. The first-order chi connectivity index (χ1) is 11.6. The van der Waals surface area contributed by atoms with Crippen LogP contribution in [0.15, 0.2) is 29.1 Å². The molecule has 1 aromatic carbocycles. The Hall–Kier alpha value is -2.74. The number of hydrogen-bond donors (Lipinski definition) is 0. The first-order valence-electron chi connectivity index (χ1n) is 7.11. The smallest absolute Gasteiger partial charge is 0.269 e. The highest BCUT2D eigenvalue weighted by Crippen LogP contribution is 2.06. The van der Waals surface area contributed by atoms with Crippen molar-refractivity contribution in [2.24, 2.45) is 0 Å². The molecule has 0 fully saturated rings. The number of aromatic nitrogens is 1. The van der Waals surface area contributed by atoms with E-state index in [-0.39, 0.29) is 25.9 Å². The van der Waals surface area contributed by atoms with Gasteiger partial charge in [-0.15, -0.1) is 11.3 Å². The second kappa shape index (κ2) is 8.21. The molecule has 2 aromatic rings. The minimum absolute atomic E-state index is 0.136. The molecule has 0 saturated heterocycles. The summed E-state index contributed by atoms with van der Waals surface area (Å²) in [5, 5.41) is 18.2. The summed E-state index contributed by atoms with van der Waals surface area (Å²) >= 11 is 1.01.